The lowest BCUT2D eigenvalue weighted by Crippen LogP contribution is -2.02. The normalized spacial score (nSPS) is 28.4. The molecule has 1 heterocycles. The maximum atomic E-state index is 10.3. The molecule has 1 fully saturated rings. The fourth-order valence-electron chi connectivity index (χ4n) is 0.596. The number of carbonyl (C=O) groups is 1. The van der Waals surface area contributed by atoms with Crippen molar-refractivity contribution in [3.63, 3.8) is 0 Å². The van der Waals surface area contributed by atoms with Crippen LogP contribution in [0.1, 0.15) is 13.3 Å². The Hall–Kier alpha value is -0.860. The van der Waals surface area contributed by atoms with Gasteiger partial charge < -0.3 is 4.79 Å². The van der Waals surface area contributed by atoms with E-state index in [-0.39, 0.29) is 17.9 Å². The van der Waals surface area contributed by atoms with Gasteiger partial charge in [0.1, 0.15) is 5.92 Å². The lowest BCUT2D eigenvalue weighted by Gasteiger charge is -1.78. The van der Waals surface area contributed by atoms with Gasteiger partial charge in [0.15, 0.2) is 0 Å². The number of cyclic esters (lactones) is 2. The number of carbonyl (C=O) groups excluding carboxylic acids is 2. The van der Waals surface area contributed by atoms with E-state index in [4.69, 9.17) is 4.79 Å². The molecule has 0 radical (unpaired) electrons. The summed E-state index contributed by atoms with van der Waals surface area (Å²) in [5.41, 5.74) is 0. The number of rotatable bonds is 0. The predicted molar refractivity (Wildman–Crippen MR) is 26.8 cm³/mol. The van der Waals surface area contributed by atoms with Crippen LogP contribution in [0.2, 0.25) is 0 Å². The summed E-state index contributed by atoms with van der Waals surface area (Å²) in [6.45, 7) is 1.74. The summed E-state index contributed by atoms with van der Waals surface area (Å²) in [6, 6.07) is 0. The molecule has 0 aliphatic carbocycles. The molecule has 8 heavy (non-hydrogen) atoms. The van der Waals surface area contributed by atoms with Gasteiger partial charge in [-0.05, 0) is 6.92 Å². The summed E-state index contributed by atoms with van der Waals surface area (Å²) in [5, 5.41) is 0. The highest BCUT2D eigenvalue weighted by Gasteiger charge is 2.38. The van der Waals surface area contributed by atoms with Crippen molar-refractivity contribution in [3.05, 3.63) is 0 Å². The van der Waals surface area contributed by atoms with Crippen LogP contribution in [0.25, 0.3) is 0 Å². The zero-order valence-corrected chi connectivity index (χ0v) is 4.55. The molecule has 1 saturated heterocycles. The van der Waals surface area contributed by atoms with Crippen LogP contribution >= 0.6 is 0 Å². The van der Waals surface area contributed by atoms with E-state index in [0.717, 1.165) is 0 Å². The largest absolute Gasteiger partial charge is 0.495 e. The second-order valence-electron chi connectivity index (χ2n) is 1.92. The molecule has 0 aromatic carbocycles. The molecular weight excluding hydrogens is 108 g/mol. The molecule has 0 saturated carbocycles. The highest BCUT2D eigenvalue weighted by molar-refractivity contribution is 5.94. The van der Waals surface area contributed by atoms with E-state index in [1.807, 2.05) is 0 Å². The molecule has 3 nitrogen and oxygen atoms in total. The molecule has 1 rings (SSSR count). The van der Waals surface area contributed by atoms with Gasteiger partial charge in [0.25, 0.3) is 0 Å². The molecule has 0 amide bonds. The second kappa shape index (κ2) is 1.58. The molecule has 1 aliphatic heterocycles. The zero-order valence-electron chi connectivity index (χ0n) is 4.55. The molecular formula is C5H7O3+. The fraction of sp³-hybridized carbons (Fsp3) is 0.600. The first-order valence-corrected chi connectivity index (χ1v) is 2.46. The van der Waals surface area contributed by atoms with Gasteiger partial charge in [-0.15, -0.1) is 0 Å². The standard InChI is InChI=1S/C5H6O3/c1-3-2-4(6)8-5(3)7/h3H,2H2,1H3/p+1. The molecule has 44 valence electrons. The Morgan fingerprint density at radius 1 is 1.88 bits per heavy atom. The summed E-state index contributed by atoms with van der Waals surface area (Å²) in [5.74, 6) is -0.590. The third-order valence-corrected chi connectivity index (χ3v) is 1.11. The van der Waals surface area contributed by atoms with Crippen molar-refractivity contribution in [2.75, 3.05) is 0 Å². The first-order valence-electron chi connectivity index (χ1n) is 2.46. The summed E-state index contributed by atoms with van der Waals surface area (Å²) in [7, 11) is 0. The smallest absolute Gasteiger partial charge is 0.338 e. The Morgan fingerprint density at radius 2 is 2.50 bits per heavy atom. The van der Waals surface area contributed by atoms with Gasteiger partial charge in [0.05, 0.1) is 6.42 Å². The van der Waals surface area contributed by atoms with Crippen LogP contribution in [0.5, 0.6) is 0 Å². The first kappa shape index (κ1) is 5.28. The molecule has 0 aromatic heterocycles. The third kappa shape index (κ3) is 0.710. The van der Waals surface area contributed by atoms with Crippen molar-refractivity contribution in [1.82, 2.24) is 0 Å². The van der Waals surface area contributed by atoms with E-state index in [2.05, 4.69) is 4.74 Å². The van der Waals surface area contributed by atoms with Gasteiger partial charge in [0, 0.05) is 0 Å². The fourth-order valence-corrected chi connectivity index (χ4v) is 0.596. The van der Waals surface area contributed by atoms with E-state index < -0.39 is 0 Å². The van der Waals surface area contributed by atoms with Crippen molar-refractivity contribution in [2.24, 2.45) is 5.92 Å². The number of ether oxygens (including phenoxy) is 1. The minimum absolute atomic E-state index is 0.109. The third-order valence-electron chi connectivity index (χ3n) is 1.11. The average Bonchev–Trinajstić information content (AvgIpc) is 1.85. The molecule has 0 bridgehead atoms. The van der Waals surface area contributed by atoms with Crippen molar-refractivity contribution in [1.29, 1.82) is 0 Å². The predicted octanol–water partition coefficient (Wildman–Crippen LogP) is 0.0718. The highest BCUT2D eigenvalue weighted by Crippen LogP contribution is 2.13. The van der Waals surface area contributed by atoms with Crippen LogP contribution in [0.15, 0.2) is 0 Å². The van der Waals surface area contributed by atoms with E-state index in [1.165, 1.54) is 0 Å². The van der Waals surface area contributed by atoms with Crippen LogP contribution in [0.4, 0.5) is 0 Å². The lowest BCUT2D eigenvalue weighted by atomic mass is 10.1. The first-order chi connectivity index (χ1) is 3.70. The van der Waals surface area contributed by atoms with Gasteiger partial charge in [-0.1, -0.05) is 0 Å². The summed E-state index contributed by atoms with van der Waals surface area (Å²) < 4.78 is 4.31. The van der Waals surface area contributed by atoms with Crippen LogP contribution in [0, 0.1) is 5.92 Å². The number of esters is 2. The molecule has 1 atom stereocenters. The van der Waals surface area contributed by atoms with Gasteiger partial charge in [-0.3, -0.25) is 0 Å². The molecule has 3 heteroatoms. The number of hydrogen-bond donors (Lipinski definition) is 0. The second-order valence-corrected chi connectivity index (χ2v) is 1.92. The average molecular weight is 115 g/mol. The Bertz CT molecular complexity index is 139. The van der Waals surface area contributed by atoms with Gasteiger partial charge in [0.2, 0.25) is 0 Å². The van der Waals surface area contributed by atoms with E-state index in [1.54, 1.807) is 6.92 Å². The molecule has 1 unspecified atom stereocenters. The van der Waals surface area contributed by atoms with Crippen LogP contribution in [0.3, 0.4) is 0 Å². The van der Waals surface area contributed by atoms with Gasteiger partial charge in [-0.25, -0.2) is 9.53 Å². The Balaban J connectivity index is 2.64. The molecule has 1 N–H and O–H groups in total. The summed E-state index contributed by atoms with van der Waals surface area (Å²) >= 11 is 0. The minimum Gasteiger partial charge on any atom is -0.338 e. The van der Waals surface area contributed by atoms with Crippen molar-refractivity contribution >= 4 is 11.9 Å². The Morgan fingerprint density at radius 3 is 2.62 bits per heavy atom. The van der Waals surface area contributed by atoms with Crippen LogP contribution in [-0.4, -0.2) is 16.7 Å². The molecule has 0 aromatic rings. The van der Waals surface area contributed by atoms with Crippen molar-refractivity contribution < 1.29 is 14.3 Å². The highest BCUT2D eigenvalue weighted by atomic mass is 16.6. The van der Waals surface area contributed by atoms with Crippen molar-refractivity contribution in [3.8, 4) is 0 Å². The lowest BCUT2D eigenvalue weighted by molar-refractivity contribution is -0.133. The quantitative estimate of drug-likeness (QED) is 0.255. The Labute approximate surface area is 46.6 Å². The van der Waals surface area contributed by atoms with Crippen LogP contribution < -0.4 is 0 Å². The SMILES string of the molecule is CC1CC(=O)OC1=[OH+]. The number of hydrogen-bond acceptors (Lipinski definition) is 2. The monoisotopic (exact) mass is 115 g/mol. The zero-order chi connectivity index (χ0) is 6.15. The Kier molecular flexibility index (Phi) is 1.04. The van der Waals surface area contributed by atoms with Gasteiger partial charge >= 0.3 is 11.9 Å². The topological polar surface area (TPSA) is 47.7 Å². The summed E-state index contributed by atoms with van der Waals surface area (Å²) in [6.07, 6.45) is 0.311. The van der Waals surface area contributed by atoms with E-state index >= 15 is 0 Å². The van der Waals surface area contributed by atoms with Gasteiger partial charge in [-0.2, -0.15) is 0 Å². The molecule has 1 aliphatic rings. The molecule has 0 spiro atoms. The van der Waals surface area contributed by atoms with Crippen LogP contribution in [-0.2, 0) is 9.53 Å². The van der Waals surface area contributed by atoms with E-state index in [0.29, 0.717) is 6.42 Å². The maximum absolute atomic E-state index is 10.3. The maximum Gasteiger partial charge on any atom is 0.495 e. The summed E-state index contributed by atoms with van der Waals surface area (Å²) in [4.78, 5) is 18.9. The minimum atomic E-state index is -0.338. The van der Waals surface area contributed by atoms with Crippen molar-refractivity contribution in [2.45, 2.75) is 13.3 Å². The van der Waals surface area contributed by atoms with E-state index in [9.17, 15) is 4.79 Å².